The van der Waals surface area contributed by atoms with Gasteiger partial charge in [0.25, 0.3) is 0 Å². The highest BCUT2D eigenvalue weighted by molar-refractivity contribution is 7.92. The number of aromatic nitrogens is 4. The summed E-state index contributed by atoms with van der Waals surface area (Å²) in [4.78, 5) is 0. The second kappa shape index (κ2) is 2.36. The molecule has 0 unspecified atom stereocenters. The van der Waals surface area contributed by atoms with E-state index in [1.54, 1.807) is 0 Å². The highest BCUT2D eigenvalue weighted by Gasteiger charge is 2.35. The first-order chi connectivity index (χ1) is 5.58. The largest absolute Gasteiger partial charge is 0.238 e. The average Bonchev–Trinajstić information content (AvgIpc) is 2.30. The lowest BCUT2D eigenvalue weighted by Crippen LogP contribution is -2.38. The van der Waals surface area contributed by atoms with E-state index in [9.17, 15) is 8.42 Å². The molecule has 1 aliphatic rings. The van der Waals surface area contributed by atoms with Crippen molar-refractivity contribution in [2.45, 2.75) is 6.04 Å². The first-order valence-corrected chi connectivity index (χ1v) is 5.51. The van der Waals surface area contributed by atoms with Gasteiger partial charge in [0.15, 0.2) is 9.84 Å². The third kappa shape index (κ3) is 1.16. The normalized spacial score (nSPS) is 22.0. The molecule has 1 saturated heterocycles. The zero-order valence-corrected chi connectivity index (χ0v) is 7.60. The Hall–Kier alpha value is -0.760. The van der Waals surface area contributed by atoms with Crippen LogP contribution in [0.1, 0.15) is 6.04 Å². The predicted octanol–water partition coefficient (Wildman–Crippen LogP) is -0.695. The van der Waals surface area contributed by atoms with Crippen LogP contribution in [0, 0.1) is 4.77 Å². The Morgan fingerprint density at radius 3 is 2.67 bits per heavy atom. The van der Waals surface area contributed by atoms with Gasteiger partial charge in [-0.2, -0.15) is 5.21 Å². The summed E-state index contributed by atoms with van der Waals surface area (Å²) in [5.41, 5.74) is 0. The van der Waals surface area contributed by atoms with Crippen LogP contribution in [-0.2, 0) is 9.84 Å². The number of hydrogen-bond donors (Lipinski definition) is 1. The molecule has 1 aromatic rings. The van der Waals surface area contributed by atoms with E-state index >= 15 is 0 Å². The van der Waals surface area contributed by atoms with Crippen molar-refractivity contribution in [1.82, 2.24) is 20.2 Å². The summed E-state index contributed by atoms with van der Waals surface area (Å²) in [6, 6.07) is -0.0995. The Morgan fingerprint density at radius 1 is 1.58 bits per heavy atom. The SMILES string of the molecule is O=S1(=O)CC(n2[nH]nnc2=S)C1. The molecular weight excluding hydrogens is 200 g/mol. The average molecular weight is 206 g/mol. The van der Waals surface area contributed by atoms with Crippen molar-refractivity contribution in [1.29, 1.82) is 0 Å². The van der Waals surface area contributed by atoms with Crippen molar-refractivity contribution < 1.29 is 8.42 Å². The van der Waals surface area contributed by atoms with Crippen molar-refractivity contribution >= 4 is 22.1 Å². The van der Waals surface area contributed by atoms with Gasteiger partial charge >= 0.3 is 0 Å². The molecule has 1 fully saturated rings. The molecule has 1 N–H and O–H groups in total. The molecule has 0 radical (unpaired) electrons. The Labute approximate surface area is 73.5 Å². The zero-order valence-electron chi connectivity index (χ0n) is 5.97. The van der Waals surface area contributed by atoms with Crippen molar-refractivity contribution in [2.24, 2.45) is 0 Å². The lowest BCUT2D eigenvalue weighted by molar-refractivity contribution is 0.459. The Kier molecular flexibility index (Phi) is 1.55. The molecule has 2 heterocycles. The maximum Gasteiger partial charge on any atom is 0.238 e. The topological polar surface area (TPSA) is 80.6 Å². The first-order valence-electron chi connectivity index (χ1n) is 3.28. The Balaban J connectivity index is 2.27. The quantitative estimate of drug-likeness (QED) is 0.615. The van der Waals surface area contributed by atoms with Crippen LogP contribution >= 0.6 is 12.2 Å². The standard InChI is InChI=1S/C4H6N4O2S2/c9-12(10)1-3(2-12)8-4(11)5-6-7-8/h3H,1-2H2,(H,5,7,11). The van der Waals surface area contributed by atoms with E-state index in [0.29, 0.717) is 4.77 Å². The summed E-state index contributed by atoms with van der Waals surface area (Å²) in [5, 5.41) is 9.54. The fourth-order valence-corrected chi connectivity index (χ4v) is 2.73. The molecule has 1 aromatic heterocycles. The Morgan fingerprint density at radius 2 is 2.25 bits per heavy atom. The second-order valence-corrected chi connectivity index (χ2v) is 5.20. The fourth-order valence-electron chi connectivity index (χ4n) is 1.13. The van der Waals surface area contributed by atoms with Gasteiger partial charge in [-0.25, -0.2) is 13.1 Å². The minimum absolute atomic E-state index is 0.0995. The van der Waals surface area contributed by atoms with Gasteiger partial charge in [0.05, 0.1) is 17.5 Å². The minimum atomic E-state index is -2.82. The molecule has 0 bridgehead atoms. The maximum atomic E-state index is 10.8. The molecule has 0 atom stereocenters. The molecule has 0 saturated carbocycles. The lowest BCUT2D eigenvalue weighted by atomic mass is 10.4. The number of sulfone groups is 1. The summed E-state index contributed by atoms with van der Waals surface area (Å²) >= 11 is 4.80. The fraction of sp³-hybridized carbons (Fsp3) is 0.750. The van der Waals surface area contributed by atoms with Gasteiger partial charge in [0.2, 0.25) is 4.77 Å². The zero-order chi connectivity index (χ0) is 8.77. The predicted molar refractivity (Wildman–Crippen MR) is 42.9 cm³/mol. The summed E-state index contributed by atoms with van der Waals surface area (Å²) < 4.78 is 23.4. The van der Waals surface area contributed by atoms with E-state index in [1.807, 2.05) is 0 Å². The van der Waals surface area contributed by atoms with Crippen LogP contribution in [0.5, 0.6) is 0 Å². The molecule has 0 aliphatic carbocycles. The van der Waals surface area contributed by atoms with Crippen LogP contribution in [0.25, 0.3) is 0 Å². The highest BCUT2D eigenvalue weighted by atomic mass is 32.2. The maximum absolute atomic E-state index is 10.8. The van der Waals surface area contributed by atoms with Crippen LogP contribution in [-0.4, -0.2) is 40.1 Å². The summed E-state index contributed by atoms with van der Waals surface area (Å²) in [6.45, 7) is 0. The van der Waals surface area contributed by atoms with Crippen molar-refractivity contribution in [2.75, 3.05) is 11.5 Å². The van der Waals surface area contributed by atoms with E-state index in [0.717, 1.165) is 0 Å². The number of H-pyrrole nitrogens is 1. The van der Waals surface area contributed by atoms with Crippen LogP contribution in [0.4, 0.5) is 0 Å². The van der Waals surface area contributed by atoms with E-state index in [4.69, 9.17) is 12.2 Å². The number of hydrogen-bond acceptors (Lipinski definition) is 5. The van der Waals surface area contributed by atoms with Gasteiger partial charge in [-0.15, -0.1) is 0 Å². The number of nitrogens with one attached hydrogen (secondary N) is 1. The third-order valence-corrected chi connectivity index (χ3v) is 3.82. The number of aromatic amines is 1. The molecule has 1 aliphatic heterocycles. The number of nitrogens with zero attached hydrogens (tertiary/aromatic N) is 3. The van der Waals surface area contributed by atoms with Gasteiger partial charge < -0.3 is 0 Å². The first kappa shape index (κ1) is 7.87. The van der Waals surface area contributed by atoms with Crippen LogP contribution in [0.3, 0.4) is 0 Å². The van der Waals surface area contributed by atoms with Crippen LogP contribution in [0.15, 0.2) is 0 Å². The summed E-state index contributed by atoms with van der Waals surface area (Å²) in [7, 11) is -2.82. The van der Waals surface area contributed by atoms with Crippen LogP contribution < -0.4 is 0 Å². The van der Waals surface area contributed by atoms with Gasteiger partial charge in [0.1, 0.15) is 0 Å². The minimum Gasteiger partial charge on any atom is -0.237 e. The number of rotatable bonds is 1. The molecule has 0 aromatic carbocycles. The Bertz CT molecular complexity index is 432. The molecule has 0 spiro atoms. The second-order valence-electron chi connectivity index (χ2n) is 2.68. The molecule has 2 rings (SSSR count). The van der Waals surface area contributed by atoms with E-state index in [-0.39, 0.29) is 17.5 Å². The summed E-state index contributed by atoms with van der Waals surface area (Å²) in [5.74, 6) is 0.260. The van der Waals surface area contributed by atoms with Gasteiger partial charge in [0, 0.05) is 0 Å². The molecule has 12 heavy (non-hydrogen) atoms. The smallest absolute Gasteiger partial charge is 0.237 e. The van der Waals surface area contributed by atoms with E-state index in [2.05, 4.69) is 15.5 Å². The molecule has 6 nitrogen and oxygen atoms in total. The molecule has 8 heteroatoms. The highest BCUT2D eigenvalue weighted by Crippen LogP contribution is 2.21. The van der Waals surface area contributed by atoms with Gasteiger partial charge in [-0.05, 0) is 12.2 Å². The van der Waals surface area contributed by atoms with Gasteiger partial charge in [-0.3, -0.25) is 0 Å². The van der Waals surface area contributed by atoms with Crippen LogP contribution in [0.2, 0.25) is 0 Å². The molecular formula is C4H6N4O2S2. The van der Waals surface area contributed by atoms with Crippen molar-refractivity contribution in [3.8, 4) is 0 Å². The lowest BCUT2D eigenvalue weighted by Gasteiger charge is -2.25. The van der Waals surface area contributed by atoms with Crippen molar-refractivity contribution in [3.63, 3.8) is 0 Å². The van der Waals surface area contributed by atoms with E-state index < -0.39 is 9.84 Å². The third-order valence-electron chi connectivity index (χ3n) is 1.75. The molecule has 66 valence electrons. The molecule has 0 amide bonds. The van der Waals surface area contributed by atoms with Gasteiger partial charge in [-0.1, -0.05) is 10.3 Å². The number of tetrazole rings is 1. The van der Waals surface area contributed by atoms with Crippen molar-refractivity contribution in [3.05, 3.63) is 4.77 Å². The summed E-state index contributed by atoms with van der Waals surface area (Å²) in [6.07, 6.45) is 0. The monoisotopic (exact) mass is 206 g/mol. The van der Waals surface area contributed by atoms with E-state index in [1.165, 1.54) is 4.68 Å².